The maximum Gasteiger partial charge on any atom is 0.233 e. The Labute approximate surface area is 230 Å². The SMILES string of the molecule is Cc1ccc2c(c1)c1c(n2CCC(=O)N2c3ccc(N(C)C)cc3Sc3cc(N(C)C)ccc32)CCCC1. The lowest BCUT2D eigenvalue weighted by molar-refractivity contribution is -0.118. The van der Waals surface area contributed by atoms with Gasteiger partial charge in [0.05, 0.1) is 11.4 Å². The van der Waals surface area contributed by atoms with Crippen molar-refractivity contribution in [2.45, 2.75) is 55.4 Å². The third kappa shape index (κ3) is 4.25. The number of carbonyl (C=O) groups is 1. The molecule has 196 valence electrons. The molecule has 0 unspecified atom stereocenters. The van der Waals surface area contributed by atoms with E-state index < -0.39 is 0 Å². The summed E-state index contributed by atoms with van der Waals surface area (Å²) in [6.45, 7) is 2.87. The molecule has 6 rings (SSSR count). The largest absolute Gasteiger partial charge is 0.378 e. The molecule has 4 aromatic rings. The second-order valence-corrected chi connectivity index (χ2v) is 12.1. The lowest BCUT2D eigenvalue weighted by Crippen LogP contribution is -2.29. The molecule has 38 heavy (non-hydrogen) atoms. The number of aromatic nitrogens is 1. The summed E-state index contributed by atoms with van der Waals surface area (Å²) in [7, 11) is 8.22. The van der Waals surface area contributed by atoms with Crippen LogP contribution in [0.1, 0.15) is 36.1 Å². The smallest absolute Gasteiger partial charge is 0.233 e. The molecular formula is C32H36N4OS. The van der Waals surface area contributed by atoms with Crippen molar-refractivity contribution in [3.8, 4) is 0 Å². The molecule has 1 aromatic heterocycles. The fraction of sp³-hybridized carbons (Fsp3) is 0.344. The Morgan fingerprint density at radius 3 is 2.11 bits per heavy atom. The predicted octanol–water partition coefficient (Wildman–Crippen LogP) is 7.18. The number of amides is 1. The van der Waals surface area contributed by atoms with Crippen molar-refractivity contribution in [3.05, 3.63) is 71.4 Å². The molecule has 0 N–H and O–H groups in total. The Balaban J connectivity index is 1.37. The second kappa shape index (κ2) is 9.73. The van der Waals surface area contributed by atoms with Gasteiger partial charge < -0.3 is 14.4 Å². The van der Waals surface area contributed by atoms with Gasteiger partial charge in [-0.2, -0.15) is 0 Å². The number of benzene rings is 3. The molecule has 0 spiro atoms. The highest BCUT2D eigenvalue weighted by molar-refractivity contribution is 7.99. The fourth-order valence-electron chi connectivity index (χ4n) is 5.94. The van der Waals surface area contributed by atoms with E-state index in [4.69, 9.17) is 0 Å². The van der Waals surface area contributed by atoms with Crippen LogP contribution in [-0.2, 0) is 24.2 Å². The van der Waals surface area contributed by atoms with Crippen LogP contribution < -0.4 is 14.7 Å². The third-order valence-electron chi connectivity index (χ3n) is 7.95. The van der Waals surface area contributed by atoms with E-state index in [9.17, 15) is 4.79 Å². The first-order valence-electron chi connectivity index (χ1n) is 13.6. The van der Waals surface area contributed by atoms with E-state index in [0.29, 0.717) is 13.0 Å². The summed E-state index contributed by atoms with van der Waals surface area (Å²) in [6, 6.07) is 19.6. The molecule has 0 atom stereocenters. The second-order valence-electron chi connectivity index (χ2n) is 11.0. The topological polar surface area (TPSA) is 31.7 Å². The first-order valence-corrected chi connectivity index (χ1v) is 14.4. The van der Waals surface area contributed by atoms with Gasteiger partial charge in [-0.15, -0.1) is 0 Å². The molecule has 0 saturated heterocycles. The first kappa shape index (κ1) is 24.9. The zero-order valence-corrected chi connectivity index (χ0v) is 23.9. The maximum atomic E-state index is 14.1. The van der Waals surface area contributed by atoms with Gasteiger partial charge in [-0.1, -0.05) is 23.4 Å². The zero-order valence-electron chi connectivity index (χ0n) is 23.0. The molecule has 0 radical (unpaired) electrons. The molecule has 0 fully saturated rings. The number of anilines is 4. The number of hydrogen-bond acceptors (Lipinski definition) is 4. The van der Waals surface area contributed by atoms with Gasteiger partial charge in [0.15, 0.2) is 0 Å². The van der Waals surface area contributed by atoms with Crippen LogP contribution in [0, 0.1) is 6.92 Å². The van der Waals surface area contributed by atoms with Gasteiger partial charge in [0.1, 0.15) is 0 Å². The Morgan fingerprint density at radius 1 is 0.842 bits per heavy atom. The number of carbonyl (C=O) groups excluding carboxylic acids is 1. The van der Waals surface area contributed by atoms with Crippen molar-refractivity contribution in [2.24, 2.45) is 0 Å². The minimum absolute atomic E-state index is 0.140. The molecule has 1 aliphatic heterocycles. The average molecular weight is 525 g/mol. The number of fused-ring (bicyclic) bond motifs is 5. The highest BCUT2D eigenvalue weighted by Gasteiger charge is 2.30. The quantitative estimate of drug-likeness (QED) is 0.277. The van der Waals surface area contributed by atoms with E-state index in [1.807, 2.05) is 4.90 Å². The monoisotopic (exact) mass is 524 g/mol. The summed E-state index contributed by atoms with van der Waals surface area (Å²) in [5.41, 5.74) is 9.74. The summed E-state index contributed by atoms with van der Waals surface area (Å²) < 4.78 is 2.44. The third-order valence-corrected chi connectivity index (χ3v) is 9.05. The van der Waals surface area contributed by atoms with Gasteiger partial charge in [-0.25, -0.2) is 0 Å². The maximum absolute atomic E-state index is 14.1. The van der Waals surface area contributed by atoms with Crippen LogP contribution in [0.4, 0.5) is 22.7 Å². The first-order chi connectivity index (χ1) is 18.3. The molecule has 2 aliphatic rings. The van der Waals surface area contributed by atoms with E-state index >= 15 is 0 Å². The lowest BCUT2D eigenvalue weighted by atomic mass is 9.95. The molecule has 0 saturated carbocycles. The summed E-state index contributed by atoms with van der Waals surface area (Å²) in [6.07, 6.45) is 5.18. The van der Waals surface area contributed by atoms with Crippen LogP contribution in [0.5, 0.6) is 0 Å². The van der Waals surface area contributed by atoms with Gasteiger partial charge in [0.25, 0.3) is 0 Å². The molecular weight excluding hydrogens is 488 g/mol. The Kier molecular flexibility index (Phi) is 6.39. The number of rotatable bonds is 5. The molecule has 2 heterocycles. The molecule has 0 bridgehead atoms. The van der Waals surface area contributed by atoms with Gasteiger partial charge in [-0.3, -0.25) is 9.69 Å². The Bertz CT molecular complexity index is 1490. The van der Waals surface area contributed by atoms with Crippen molar-refractivity contribution in [1.82, 2.24) is 4.57 Å². The van der Waals surface area contributed by atoms with Gasteiger partial charge in [-0.05, 0) is 86.7 Å². The van der Waals surface area contributed by atoms with Crippen LogP contribution in [0.3, 0.4) is 0 Å². The highest BCUT2D eigenvalue weighted by atomic mass is 32.2. The summed E-state index contributed by atoms with van der Waals surface area (Å²) >= 11 is 1.75. The van der Waals surface area contributed by atoms with Crippen LogP contribution in [-0.4, -0.2) is 38.7 Å². The fourth-order valence-corrected chi connectivity index (χ4v) is 7.06. The van der Waals surface area contributed by atoms with E-state index in [-0.39, 0.29) is 5.91 Å². The molecule has 6 heteroatoms. The number of hydrogen-bond donors (Lipinski definition) is 0. The van der Waals surface area contributed by atoms with Crippen molar-refractivity contribution >= 4 is 51.3 Å². The van der Waals surface area contributed by atoms with E-state index in [1.54, 1.807) is 11.8 Å². The van der Waals surface area contributed by atoms with Crippen LogP contribution in [0.15, 0.2) is 64.4 Å². The van der Waals surface area contributed by atoms with E-state index in [0.717, 1.165) is 45.4 Å². The lowest BCUT2D eigenvalue weighted by Gasteiger charge is -2.33. The van der Waals surface area contributed by atoms with Gasteiger partial charge in [0, 0.05) is 78.9 Å². The van der Waals surface area contributed by atoms with Gasteiger partial charge in [0.2, 0.25) is 5.91 Å². The number of nitrogens with zero attached hydrogens (tertiary/aromatic N) is 4. The minimum Gasteiger partial charge on any atom is -0.378 e. The van der Waals surface area contributed by atoms with Crippen LogP contribution >= 0.6 is 11.8 Å². The van der Waals surface area contributed by atoms with Crippen LogP contribution in [0.2, 0.25) is 0 Å². The number of aryl methyl sites for hydroxylation is 3. The van der Waals surface area contributed by atoms with Crippen molar-refractivity contribution in [3.63, 3.8) is 0 Å². The summed E-state index contributed by atoms with van der Waals surface area (Å²) in [4.78, 5) is 22.5. The van der Waals surface area contributed by atoms with Gasteiger partial charge >= 0.3 is 0 Å². The average Bonchev–Trinajstić information content (AvgIpc) is 3.22. The highest BCUT2D eigenvalue weighted by Crippen LogP contribution is 2.50. The Hall–Kier alpha value is -3.38. The van der Waals surface area contributed by atoms with Crippen molar-refractivity contribution in [1.29, 1.82) is 0 Å². The molecule has 1 aliphatic carbocycles. The zero-order chi connectivity index (χ0) is 26.6. The van der Waals surface area contributed by atoms with E-state index in [2.05, 4.69) is 104 Å². The molecule has 3 aromatic carbocycles. The van der Waals surface area contributed by atoms with Crippen molar-refractivity contribution < 1.29 is 4.79 Å². The standard InChI is InChI=1S/C32H36N4OS/c1-21-10-13-27-25(18-21)24-8-6-7-9-26(24)35(27)17-16-32(37)36-28-14-11-22(33(2)3)19-30(28)38-31-20-23(34(4)5)12-15-29(31)36/h10-15,18-20H,6-9,16-17H2,1-5H3. The minimum atomic E-state index is 0.140. The summed E-state index contributed by atoms with van der Waals surface area (Å²) in [5.74, 6) is 0.140. The summed E-state index contributed by atoms with van der Waals surface area (Å²) in [5, 5.41) is 1.38. The predicted molar refractivity (Wildman–Crippen MR) is 161 cm³/mol. The molecule has 1 amide bonds. The normalized spacial score (nSPS) is 14.2. The van der Waals surface area contributed by atoms with E-state index in [1.165, 1.54) is 40.6 Å². The van der Waals surface area contributed by atoms with Crippen LogP contribution in [0.25, 0.3) is 10.9 Å². The molecule has 5 nitrogen and oxygen atoms in total. The Morgan fingerprint density at radius 2 is 1.47 bits per heavy atom. The van der Waals surface area contributed by atoms with Crippen molar-refractivity contribution in [2.75, 3.05) is 42.9 Å².